The molecule has 1 aromatic carbocycles. The van der Waals surface area contributed by atoms with E-state index < -0.39 is 5.82 Å². The van der Waals surface area contributed by atoms with E-state index in [0.717, 1.165) is 25.0 Å². The van der Waals surface area contributed by atoms with Gasteiger partial charge >= 0.3 is 0 Å². The third-order valence-electron chi connectivity index (χ3n) is 2.71. The van der Waals surface area contributed by atoms with Gasteiger partial charge in [0.2, 0.25) is 0 Å². The van der Waals surface area contributed by atoms with Crippen molar-refractivity contribution < 1.29 is 9.18 Å². The highest BCUT2D eigenvalue weighted by Crippen LogP contribution is 2.18. The Morgan fingerprint density at radius 2 is 2.16 bits per heavy atom. The van der Waals surface area contributed by atoms with E-state index in [1.165, 1.54) is 12.1 Å². The average molecular weight is 285 g/mol. The molecular formula is C13H20FN3OS. The molecule has 0 bridgehead atoms. The molecule has 6 heteroatoms. The molecule has 0 aliphatic heterocycles. The molecule has 4 nitrogen and oxygen atoms in total. The maximum Gasteiger partial charge on any atom is 0.253 e. The number of anilines is 1. The summed E-state index contributed by atoms with van der Waals surface area (Å²) in [6.45, 7) is 0.591. The minimum Gasteiger partial charge on any atom is -0.352 e. The number of hydrogen-bond acceptors (Lipinski definition) is 4. The van der Waals surface area contributed by atoms with Crippen LogP contribution < -0.4 is 16.6 Å². The molecule has 0 spiro atoms. The number of thioether (sulfide) groups is 1. The Labute approximate surface area is 117 Å². The standard InChI is InChI=1S/C13H20FN3OS/c1-19-9-4-2-3-8-16-13(18)10-6-5-7-11(14)12(10)17-15/h5-7,17H,2-4,8-9,15H2,1H3,(H,16,18). The molecule has 1 amide bonds. The van der Waals surface area contributed by atoms with Crippen LogP contribution in [0.4, 0.5) is 10.1 Å². The summed E-state index contributed by atoms with van der Waals surface area (Å²) in [5.74, 6) is 5.52. The number of hydrogen-bond donors (Lipinski definition) is 3. The van der Waals surface area contributed by atoms with Crippen molar-refractivity contribution in [1.29, 1.82) is 0 Å². The Morgan fingerprint density at radius 1 is 1.37 bits per heavy atom. The van der Waals surface area contributed by atoms with Crippen LogP contribution in [0.2, 0.25) is 0 Å². The number of rotatable bonds is 8. The molecule has 0 saturated carbocycles. The van der Waals surface area contributed by atoms with E-state index in [2.05, 4.69) is 17.0 Å². The number of nitrogens with two attached hydrogens (primary N) is 1. The Kier molecular flexibility index (Phi) is 7.28. The van der Waals surface area contributed by atoms with E-state index in [9.17, 15) is 9.18 Å². The largest absolute Gasteiger partial charge is 0.352 e. The van der Waals surface area contributed by atoms with Crippen LogP contribution in [0.5, 0.6) is 0 Å². The van der Waals surface area contributed by atoms with Gasteiger partial charge in [-0.05, 0) is 37.0 Å². The van der Waals surface area contributed by atoms with Gasteiger partial charge in [0.15, 0.2) is 0 Å². The van der Waals surface area contributed by atoms with Gasteiger partial charge in [-0.2, -0.15) is 11.8 Å². The smallest absolute Gasteiger partial charge is 0.253 e. The Bertz CT molecular complexity index is 415. The van der Waals surface area contributed by atoms with Crippen LogP contribution in [-0.4, -0.2) is 24.5 Å². The van der Waals surface area contributed by atoms with Gasteiger partial charge in [0.25, 0.3) is 5.91 Å². The molecule has 106 valence electrons. The molecule has 0 atom stereocenters. The molecule has 19 heavy (non-hydrogen) atoms. The van der Waals surface area contributed by atoms with Crippen LogP contribution in [0.3, 0.4) is 0 Å². The molecule has 0 aliphatic carbocycles. The Morgan fingerprint density at radius 3 is 2.84 bits per heavy atom. The number of nitrogen functional groups attached to an aromatic ring is 1. The predicted molar refractivity (Wildman–Crippen MR) is 78.8 cm³/mol. The van der Waals surface area contributed by atoms with Crippen molar-refractivity contribution in [2.24, 2.45) is 5.84 Å². The highest BCUT2D eigenvalue weighted by Gasteiger charge is 2.13. The van der Waals surface area contributed by atoms with Crippen molar-refractivity contribution >= 4 is 23.4 Å². The lowest BCUT2D eigenvalue weighted by Crippen LogP contribution is -2.26. The van der Waals surface area contributed by atoms with Gasteiger partial charge in [0, 0.05) is 6.54 Å². The zero-order valence-corrected chi connectivity index (χ0v) is 11.9. The lowest BCUT2D eigenvalue weighted by Gasteiger charge is -2.10. The van der Waals surface area contributed by atoms with Crippen molar-refractivity contribution in [3.8, 4) is 0 Å². The van der Waals surface area contributed by atoms with Crippen molar-refractivity contribution in [3.63, 3.8) is 0 Å². The number of amides is 1. The molecule has 0 saturated heterocycles. The van der Waals surface area contributed by atoms with E-state index in [4.69, 9.17) is 5.84 Å². The fraction of sp³-hybridized carbons (Fsp3) is 0.462. The second-order valence-corrected chi connectivity index (χ2v) is 5.10. The maximum atomic E-state index is 13.4. The monoisotopic (exact) mass is 285 g/mol. The SMILES string of the molecule is CSCCCCCNC(=O)c1cccc(F)c1NN. The summed E-state index contributed by atoms with van der Waals surface area (Å²) < 4.78 is 13.4. The quantitative estimate of drug-likeness (QED) is 0.390. The summed E-state index contributed by atoms with van der Waals surface area (Å²) in [5.41, 5.74) is 2.48. The third kappa shape index (κ3) is 5.08. The highest BCUT2D eigenvalue weighted by molar-refractivity contribution is 7.98. The maximum absolute atomic E-state index is 13.4. The number of nitrogens with one attached hydrogen (secondary N) is 2. The van der Waals surface area contributed by atoms with Crippen molar-refractivity contribution in [1.82, 2.24) is 5.32 Å². The summed E-state index contributed by atoms with van der Waals surface area (Å²) in [6.07, 6.45) is 5.22. The van der Waals surface area contributed by atoms with E-state index >= 15 is 0 Å². The Hall–Kier alpha value is -1.27. The van der Waals surface area contributed by atoms with Gasteiger partial charge < -0.3 is 10.7 Å². The molecule has 0 aromatic heterocycles. The number of carbonyl (C=O) groups excluding carboxylic acids is 1. The van der Waals surface area contributed by atoms with Crippen molar-refractivity contribution in [2.45, 2.75) is 19.3 Å². The van der Waals surface area contributed by atoms with Crippen molar-refractivity contribution in [2.75, 3.05) is 24.0 Å². The first-order valence-electron chi connectivity index (χ1n) is 6.23. The molecule has 0 unspecified atom stereocenters. The zero-order valence-electron chi connectivity index (χ0n) is 11.0. The minimum absolute atomic E-state index is 0.0300. The molecule has 0 fully saturated rings. The number of benzene rings is 1. The molecular weight excluding hydrogens is 265 g/mol. The molecule has 1 aromatic rings. The first-order chi connectivity index (χ1) is 9.20. The second-order valence-electron chi connectivity index (χ2n) is 4.12. The molecule has 4 N–H and O–H groups in total. The number of carbonyl (C=O) groups is 1. The van der Waals surface area contributed by atoms with Crippen LogP contribution >= 0.6 is 11.8 Å². The normalized spacial score (nSPS) is 10.3. The Balaban J connectivity index is 2.43. The van der Waals surface area contributed by atoms with Crippen LogP contribution in [-0.2, 0) is 0 Å². The summed E-state index contributed by atoms with van der Waals surface area (Å²) >= 11 is 1.82. The van der Waals surface area contributed by atoms with Crippen LogP contribution in [0.1, 0.15) is 29.6 Å². The number of unbranched alkanes of at least 4 members (excludes halogenated alkanes) is 2. The summed E-state index contributed by atoms with van der Waals surface area (Å²) in [7, 11) is 0. The van der Waals surface area contributed by atoms with Crippen LogP contribution in [0.15, 0.2) is 18.2 Å². The first-order valence-corrected chi connectivity index (χ1v) is 7.62. The zero-order chi connectivity index (χ0) is 14.1. The van der Waals surface area contributed by atoms with Gasteiger partial charge in [0.1, 0.15) is 5.82 Å². The topological polar surface area (TPSA) is 67.2 Å². The molecule has 0 aliphatic rings. The highest BCUT2D eigenvalue weighted by atomic mass is 32.2. The summed E-state index contributed by atoms with van der Waals surface area (Å²) in [6, 6.07) is 4.29. The summed E-state index contributed by atoms with van der Waals surface area (Å²) in [4.78, 5) is 11.9. The van der Waals surface area contributed by atoms with E-state index in [0.29, 0.717) is 6.54 Å². The van der Waals surface area contributed by atoms with Gasteiger partial charge in [-0.15, -0.1) is 0 Å². The molecule has 0 radical (unpaired) electrons. The predicted octanol–water partition coefficient (Wildman–Crippen LogP) is 2.37. The molecule has 1 rings (SSSR count). The van der Waals surface area contributed by atoms with Crippen molar-refractivity contribution in [3.05, 3.63) is 29.6 Å². The van der Waals surface area contributed by atoms with Crippen LogP contribution in [0, 0.1) is 5.82 Å². The number of hydrazine groups is 1. The van der Waals surface area contributed by atoms with E-state index in [1.807, 2.05) is 11.8 Å². The number of para-hydroxylation sites is 1. The minimum atomic E-state index is -0.532. The lowest BCUT2D eigenvalue weighted by molar-refractivity contribution is 0.0953. The van der Waals surface area contributed by atoms with Gasteiger partial charge in [-0.3, -0.25) is 10.6 Å². The summed E-state index contributed by atoms with van der Waals surface area (Å²) in [5, 5.41) is 2.77. The molecule has 0 heterocycles. The van der Waals surface area contributed by atoms with Gasteiger partial charge in [-0.25, -0.2) is 4.39 Å². The average Bonchev–Trinajstić information content (AvgIpc) is 2.42. The fourth-order valence-corrected chi connectivity index (χ4v) is 2.20. The second kappa shape index (κ2) is 8.77. The van der Waals surface area contributed by atoms with E-state index in [-0.39, 0.29) is 17.2 Å². The third-order valence-corrected chi connectivity index (χ3v) is 3.41. The first kappa shape index (κ1) is 15.8. The van der Waals surface area contributed by atoms with Gasteiger partial charge in [0.05, 0.1) is 11.3 Å². The number of halogens is 1. The van der Waals surface area contributed by atoms with Gasteiger partial charge in [-0.1, -0.05) is 12.5 Å². The van der Waals surface area contributed by atoms with E-state index in [1.54, 1.807) is 6.07 Å². The fourth-order valence-electron chi connectivity index (χ4n) is 1.71. The van der Waals surface area contributed by atoms with Crippen LogP contribution in [0.25, 0.3) is 0 Å². The lowest BCUT2D eigenvalue weighted by atomic mass is 10.1.